The van der Waals surface area contributed by atoms with Crippen LogP contribution in [-0.2, 0) is 26.1 Å². The fourth-order valence-electron chi connectivity index (χ4n) is 3.36. The third-order valence-electron chi connectivity index (χ3n) is 5.18. The molecule has 0 amide bonds. The molecule has 0 saturated heterocycles. The van der Waals surface area contributed by atoms with Gasteiger partial charge in [-0.15, -0.1) is 0 Å². The minimum Gasteiger partial charge on any atom is -0.469 e. The zero-order valence-electron chi connectivity index (χ0n) is 18.6. The molecule has 0 fully saturated rings. The van der Waals surface area contributed by atoms with Gasteiger partial charge in [0, 0.05) is 49.9 Å². The monoisotopic (exact) mass is 468 g/mol. The molecule has 33 heavy (non-hydrogen) atoms. The minimum absolute atomic E-state index is 0.171. The van der Waals surface area contributed by atoms with Crippen molar-refractivity contribution in [2.24, 2.45) is 0 Å². The maximum Gasteiger partial charge on any atom is 0.305 e. The van der Waals surface area contributed by atoms with Crippen LogP contribution in [0.2, 0.25) is 0 Å². The van der Waals surface area contributed by atoms with Crippen molar-refractivity contribution in [2.75, 3.05) is 13.7 Å². The Balaban J connectivity index is 1.68. The normalized spacial score (nSPS) is 11.5. The van der Waals surface area contributed by atoms with Gasteiger partial charge in [-0.25, -0.2) is 18.4 Å². The van der Waals surface area contributed by atoms with Crippen molar-refractivity contribution in [3.63, 3.8) is 0 Å². The molecule has 0 unspecified atom stereocenters. The Labute approximate surface area is 194 Å². The van der Waals surface area contributed by atoms with E-state index in [1.54, 1.807) is 36.8 Å². The van der Waals surface area contributed by atoms with E-state index in [2.05, 4.69) is 19.7 Å². The first-order valence-corrected chi connectivity index (χ1v) is 12.3. The predicted molar refractivity (Wildman–Crippen MR) is 124 cm³/mol. The molecule has 0 aliphatic heterocycles. The van der Waals surface area contributed by atoms with E-state index in [-0.39, 0.29) is 17.4 Å². The maximum absolute atomic E-state index is 13.3. The van der Waals surface area contributed by atoms with E-state index in [1.165, 1.54) is 17.6 Å². The predicted octanol–water partition coefficient (Wildman–Crippen LogP) is 3.85. The van der Waals surface area contributed by atoms with Crippen LogP contribution < -0.4 is 0 Å². The highest BCUT2D eigenvalue weighted by Gasteiger charge is 2.24. The van der Waals surface area contributed by atoms with Crippen molar-refractivity contribution in [3.8, 4) is 11.4 Å². The van der Waals surface area contributed by atoms with Crippen LogP contribution in [0.4, 0.5) is 0 Å². The van der Waals surface area contributed by atoms with Crippen LogP contribution in [-0.4, -0.2) is 47.3 Å². The van der Waals surface area contributed by atoms with E-state index in [1.807, 2.05) is 24.3 Å². The number of benzene rings is 1. The topological polar surface area (TPSA) is 102 Å². The van der Waals surface area contributed by atoms with E-state index >= 15 is 0 Å². The lowest BCUT2D eigenvalue weighted by Crippen LogP contribution is -2.31. The van der Waals surface area contributed by atoms with Crippen LogP contribution in [0, 0.1) is 0 Å². The number of sulfonamides is 1. The molecule has 174 valence electrons. The summed E-state index contributed by atoms with van der Waals surface area (Å²) >= 11 is 0. The number of carbonyl (C=O) groups is 1. The molecular weight excluding hydrogens is 440 g/mol. The number of ether oxygens (including phenoxy) is 1. The van der Waals surface area contributed by atoms with Crippen LogP contribution in [0.15, 0.2) is 72.1 Å². The molecule has 0 radical (unpaired) electrons. The number of unbranched alkanes of at least 4 members (excludes halogenated alkanes) is 3. The Kier molecular flexibility index (Phi) is 9.03. The van der Waals surface area contributed by atoms with Gasteiger partial charge < -0.3 is 4.74 Å². The third kappa shape index (κ3) is 7.16. The average molecular weight is 469 g/mol. The standard InChI is InChI=1S/C24H28N4O4S/c1-32-23(29)9-4-2-3-5-17-28(33(30,31)22-8-6-14-25-18-22)19-20-10-12-21(13-11-20)24-26-15-7-16-27-24/h6-8,10-16,18H,2-5,9,17,19H2,1H3. The Hall–Kier alpha value is -3.17. The molecule has 0 bridgehead atoms. The van der Waals surface area contributed by atoms with Crippen molar-refractivity contribution in [3.05, 3.63) is 72.8 Å². The Morgan fingerprint density at radius 2 is 1.67 bits per heavy atom. The van der Waals surface area contributed by atoms with Crippen LogP contribution in [0.3, 0.4) is 0 Å². The smallest absolute Gasteiger partial charge is 0.305 e. The molecule has 0 spiro atoms. The number of aromatic nitrogens is 3. The van der Waals surface area contributed by atoms with E-state index in [0.717, 1.165) is 30.4 Å². The van der Waals surface area contributed by atoms with Crippen molar-refractivity contribution in [2.45, 2.75) is 43.5 Å². The first-order chi connectivity index (χ1) is 16.0. The minimum atomic E-state index is -3.70. The van der Waals surface area contributed by atoms with Crippen molar-refractivity contribution in [1.29, 1.82) is 0 Å². The molecule has 2 heterocycles. The molecule has 0 aliphatic carbocycles. The van der Waals surface area contributed by atoms with E-state index in [4.69, 9.17) is 0 Å². The van der Waals surface area contributed by atoms with Gasteiger partial charge in [0.2, 0.25) is 10.0 Å². The summed E-state index contributed by atoms with van der Waals surface area (Å²) in [6.07, 6.45) is 9.74. The van der Waals surface area contributed by atoms with Crippen molar-refractivity contribution in [1.82, 2.24) is 19.3 Å². The highest BCUT2D eigenvalue weighted by Crippen LogP contribution is 2.21. The van der Waals surface area contributed by atoms with Crippen molar-refractivity contribution >= 4 is 16.0 Å². The number of carbonyl (C=O) groups excluding carboxylic acids is 1. The van der Waals surface area contributed by atoms with Gasteiger partial charge in [0.05, 0.1) is 7.11 Å². The maximum atomic E-state index is 13.3. The van der Waals surface area contributed by atoms with Crippen LogP contribution in [0.25, 0.3) is 11.4 Å². The van der Waals surface area contributed by atoms with E-state index < -0.39 is 10.0 Å². The second-order valence-electron chi connectivity index (χ2n) is 7.54. The summed E-state index contributed by atoms with van der Waals surface area (Å²) in [6, 6.07) is 12.5. The molecule has 0 atom stereocenters. The Morgan fingerprint density at radius 1 is 0.939 bits per heavy atom. The van der Waals surface area contributed by atoms with Crippen LogP contribution >= 0.6 is 0 Å². The fourth-order valence-corrected chi connectivity index (χ4v) is 4.79. The summed E-state index contributed by atoms with van der Waals surface area (Å²) in [5, 5.41) is 0. The number of esters is 1. The summed E-state index contributed by atoms with van der Waals surface area (Å²) in [5.74, 6) is 0.399. The quantitative estimate of drug-likeness (QED) is 0.294. The second-order valence-corrected chi connectivity index (χ2v) is 9.47. The van der Waals surface area contributed by atoms with Gasteiger partial charge in [-0.3, -0.25) is 9.78 Å². The molecule has 0 N–H and O–H groups in total. The summed E-state index contributed by atoms with van der Waals surface area (Å²) < 4.78 is 32.7. The Bertz CT molecular complexity index is 1110. The third-order valence-corrected chi connectivity index (χ3v) is 7.00. The number of pyridine rings is 1. The van der Waals surface area contributed by atoms with Gasteiger partial charge in [-0.1, -0.05) is 37.1 Å². The second kappa shape index (κ2) is 12.2. The highest BCUT2D eigenvalue weighted by molar-refractivity contribution is 7.89. The molecule has 2 aromatic heterocycles. The van der Waals surface area contributed by atoms with Crippen LogP contribution in [0.1, 0.15) is 37.7 Å². The first-order valence-electron chi connectivity index (χ1n) is 10.8. The summed E-state index contributed by atoms with van der Waals surface area (Å²) in [7, 11) is -2.32. The van der Waals surface area contributed by atoms with Crippen molar-refractivity contribution < 1.29 is 17.9 Å². The molecule has 3 aromatic rings. The highest BCUT2D eigenvalue weighted by atomic mass is 32.2. The SMILES string of the molecule is COC(=O)CCCCCCN(Cc1ccc(-c2ncccn2)cc1)S(=O)(=O)c1cccnc1. The van der Waals surface area contributed by atoms with Gasteiger partial charge in [-0.2, -0.15) is 4.31 Å². The molecule has 0 aliphatic rings. The average Bonchev–Trinajstić information content (AvgIpc) is 2.86. The van der Waals surface area contributed by atoms with Crippen LogP contribution in [0.5, 0.6) is 0 Å². The fraction of sp³-hybridized carbons (Fsp3) is 0.333. The Morgan fingerprint density at radius 3 is 2.33 bits per heavy atom. The van der Waals surface area contributed by atoms with E-state index in [0.29, 0.717) is 25.2 Å². The lowest BCUT2D eigenvalue weighted by Gasteiger charge is -2.22. The number of nitrogens with zero attached hydrogens (tertiary/aromatic N) is 4. The molecular formula is C24H28N4O4S. The zero-order chi connectivity index (χ0) is 23.5. The van der Waals surface area contributed by atoms with Gasteiger partial charge in [0.15, 0.2) is 5.82 Å². The number of methoxy groups -OCH3 is 1. The number of hydrogen-bond acceptors (Lipinski definition) is 7. The van der Waals surface area contributed by atoms with Gasteiger partial charge >= 0.3 is 5.97 Å². The van der Waals surface area contributed by atoms with E-state index in [9.17, 15) is 13.2 Å². The summed E-state index contributed by atoms with van der Waals surface area (Å²) in [6.45, 7) is 0.619. The lowest BCUT2D eigenvalue weighted by molar-refractivity contribution is -0.140. The molecule has 0 saturated carbocycles. The largest absolute Gasteiger partial charge is 0.469 e. The number of rotatable bonds is 12. The molecule has 1 aromatic carbocycles. The van der Waals surface area contributed by atoms with Gasteiger partial charge in [-0.05, 0) is 36.6 Å². The van der Waals surface area contributed by atoms with Gasteiger partial charge in [0.1, 0.15) is 4.90 Å². The van der Waals surface area contributed by atoms with Gasteiger partial charge in [0.25, 0.3) is 0 Å². The molecule has 8 nitrogen and oxygen atoms in total. The molecule has 9 heteroatoms. The lowest BCUT2D eigenvalue weighted by atomic mass is 10.1. The summed E-state index contributed by atoms with van der Waals surface area (Å²) in [5.41, 5.74) is 1.74. The number of hydrogen-bond donors (Lipinski definition) is 0. The summed E-state index contributed by atoms with van der Waals surface area (Å²) in [4.78, 5) is 23.9. The zero-order valence-corrected chi connectivity index (χ0v) is 19.4. The molecule has 3 rings (SSSR count). The first kappa shape index (κ1) is 24.5.